The minimum atomic E-state index is -0.174. The lowest BCUT2D eigenvalue weighted by atomic mass is 10.2. The number of hydrogen-bond acceptors (Lipinski definition) is 5. The maximum absolute atomic E-state index is 12.2. The van der Waals surface area contributed by atoms with Crippen LogP contribution in [-0.2, 0) is 0 Å². The smallest absolute Gasteiger partial charge is 0.255 e. The number of amides is 2. The molecule has 0 radical (unpaired) electrons. The molecule has 0 unspecified atom stereocenters. The molecule has 31 heavy (non-hydrogen) atoms. The molecule has 0 aliphatic carbocycles. The van der Waals surface area contributed by atoms with E-state index in [1.54, 1.807) is 60.8 Å². The molecule has 4 rings (SSSR count). The maximum atomic E-state index is 12.2. The Kier molecular flexibility index (Phi) is 6.35. The molecule has 2 heterocycles. The van der Waals surface area contributed by atoms with Crippen molar-refractivity contribution < 1.29 is 9.59 Å². The molecule has 7 heteroatoms. The van der Waals surface area contributed by atoms with Gasteiger partial charge in [-0.1, -0.05) is 11.8 Å². The van der Waals surface area contributed by atoms with Gasteiger partial charge in [0, 0.05) is 57.1 Å². The third kappa shape index (κ3) is 5.55. The molecule has 0 saturated carbocycles. The highest BCUT2D eigenvalue weighted by Crippen LogP contribution is 2.29. The summed E-state index contributed by atoms with van der Waals surface area (Å²) in [5.74, 6) is -0.348. The number of carbonyl (C=O) groups is 2. The molecule has 2 amide bonds. The second kappa shape index (κ2) is 9.69. The van der Waals surface area contributed by atoms with Gasteiger partial charge < -0.3 is 10.6 Å². The summed E-state index contributed by atoms with van der Waals surface area (Å²) in [7, 11) is 0. The Morgan fingerprint density at radius 3 is 1.26 bits per heavy atom. The highest BCUT2D eigenvalue weighted by molar-refractivity contribution is 7.99. The van der Waals surface area contributed by atoms with Crippen LogP contribution in [0.3, 0.4) is 0 Å². The van der Waals surface area contributed by atoms with Crippen LogP contribution in [0.25, 0.3) is 0 Å². The summed E-state index contributed by atoms with van der Waals surface area (Å²) < 4.78 is 0. The predicted molar refractivity (Wildman–Crippen MR) is 121 cm³/mol. The monoisotopic (exact) mass is 426 g/mol. The Hall–Kier alpha value is -3.97. The fourth-order valence-corrected chi connectivity index (χ4v) is 3.58. The normalized spacial score (nSPS) is 10.3. The Morgan fingerprint density at radius 1 is 0.548 bits per heavy atom. The average molecular weight is 427 g/mol. The second-order valence-electron chi connectivity index (χ2n) is 6.53. The number of pyridine rings is 2. The van der Waals surface area contributed by atoms with Crippen molar-refractivity contribution >= 4 is 35.0 Å². The van der Waals surface area contributed by atoms with E-state index in [1.807, 2.05) is 48.5 Å². The van der Waals surface area contributed by atoms with E-state index >= 15 is 0 Å². The number of anilines is 2. The van der Waals surface area contributed by atoms with Gasteiger partial charge in [-0.3, -0.25) is 19.6 Å². The van der Waals surface area contributed by atoms with Crippen LogP contribution in [0.2, 0.25) is 0 Å². The first-order valence-electron chi connectivity index (χ1n) is 9.48. The third-order valence-corrected chi connectivity index (χ3v) is 5.36. The first-order chi connectivity index (χ1) is 15.2. The van der Waals surface area contributed by atoms with E-state index in [-0.39, 0.29) is 11.8 Å². The van der Waals surface area contributed by atoms with Crippen LogP contribution in [0.5, 0.6) is 0 Å². The van der Waals surface area contributed by atoms with Crippen molar-refractivity contribution in [2.75, 3.05) is 10.6 Å². The lowest BCUT2D eigenvalue weighted by Gasteiger charge is -2.08. The minimum Gasteiger partial charge on any atom is -0.322 e. The summed E-state index contributed by atoms with van der Waals surface area (Å²) in [5, 5.41) is 5.74. The molecule has 0 atom stereocenters. The van der Waals surface area contributed by atoms with Gasteiger partial charge in [-0.25, -0.2) is 0 Å². The van der Waals surface area contributed by atoms with Crippen LogP contribution in [0.4, 0.5) is 11.4 Å². The van der Waals surface area contributed by atoms with Gasteiger partial charge in [0.15, 0.2) is 0 Å². The highest BCUT2D eigenvalue weighted by atomic mass is 32.2. The standard InChI is InChI=1S/C24H18N4O2S/c29-23(17-9-13-25-14-10-17)27-19-1-5-21(6-2-19)31-22-7-3-20(4-8-22)28-24(30)18-11-15-26-16-12-18/h1-16H,(H,27,29)(H,28,30). The molecule has 2 aromatic carbocycles. The number of nitrogens with one attached hydrogen (secondary N) is 2. The Labute approximate surface area is 183 Å². The first-order valence-corrected chi connectivity index (χ1v) is 10.3. The Balaban J connectivity index is 1.34. The second-order valence-corrected chi connectivity index (χ2v) is 7.68. The van der Waals surface area contributed by atoms with Gasteiger partial charge in [-0.05, 0) is 72.8 Å². The molecule has 0 fully saturated rings. The van der Waals surface area contributed by atoms with Crippen LogP contribution < -0.4 is 10.6 Å². The van der Waals surface area contributed by atoms with Crippen molar-refractivity contribution in [3.8, 4) is 0 Å². The summed E-state index contributed by atoms with van der Waals surface area (Å²) in [6.45, 7) is 0. The van der Waals surface area contributed by atoms with Gasteiger partial charge in [-0.2, -0.15) is 0 Å². The SMILES string of the molecule is O=C(Nc1ccc(Sc2ccc(NC(=O)c3ccncc3)cc2)cc1)c1ccncc1. The molecular formula is C24H18N4O2S. The summed E-state index contributed by atoms with van der Waals surface area (Å²) in [6.07, 6.45) is 6.35. The van der Waals surface area contributed by atoms with E-state index in [0.717, 1.165) is 21.2 Å². The zero-order valence-electron chi connectivity index (χ0n) is 16.4. The van der Waals surface area contributed by atoms with Crippen LogP contribution in [-0.4, -0.2) is 21.8 Å². The van der Waals surface area contributed by atoms with E-state index in [9.17, 15) is 9.59 Å². The number of hydrogen-bond donors (Lipinski definition) is 2. The Bertz CT molecular complexity index is 1070. The van der Waals surface area contributed by atoms with E-state index in [4.69, 9.17) is 0 Å². The van der Waals surface area contributed by atoms with Crippen LogP contribution in [0, 0.1) is 0 Å². The van der Waals surface area contributed by atoms with Crippen LogP contribution >= 0.6 is 11.8 Å². The van der Waals surface area contributed by atoms with Crippen LogP contribution in [0.15, 0.2) is 107 Å². The van der Waals surface area contributed by atoms with Gasteiger partial charge in [0.05, 0.1) is 0 Å². The molecule has 6 nitrogen and oxygen atoms in total. The molecule has 0 aliphatic heterocycles. The fourth-order valence-electron chi connectivity index (χ4n) is 2.76. The van der Waals surface area contributed by atoms with Gasteiger partial charge in [-0.15, -0.1) is 0 Å². The van der Waals surface area contributed by atoms with Crippen molar-refractivity contribution in [3.63, 3.8) is 0 Å². The van der Waals surface area contributed by atoms with Gasteiger partial charge in [0.25, 0.3) is 11.8 Å². The van der Waals surface area contributed by atoms with Crippen molar-refractivity contribution in [2.45, 2.75) is 9.79 Å². The summed E-state index contributed by atoms with van der Waals surface area (Å²) in [5.41, 5.74) is 2.56. The van der Waals surface area contributed by atoms with Gasteiger partial charge in [0.2, 0.25) is 0 Å². The maximum Gasteiger partial charge on any atom is 0.255 e. The minimum absolute atomic E-state index is 0.174. The Morgan fingerprint density at radius 2 is 0.903 bits per heavy atom. The molecule has 0 spiro atoms. The number of benzene rings is 2. The molecule has 0 saturated heterocycles. The lowest BCUT2D eigenvalue weighted by Crippen LogP contribution is -2.11. The van der Waals surface area contributed by atoms with Gasteiger partial charge in [0.1, 0.15) is 0 Å². The molecule has 152 valence electrons. The molecule has 0 aliphatic rings. The van der Waals surface area contributed by atoms with Crippen molar-refractivity contribution in [3.05, 3.63) is 109 Å². The van der Waals surface area contributed by atoms with E-state index in [2.05, 4.69) is 20.6 Å². The number of nitrogens with zero attached hydrogens (tertiary/aromatic N) is 2. The van der Waals surface area contributed by atoms with Gasteiger partial charge >= 0.3 is 0 Å². The average Bonchev–Trinajstić information content (AvgIpc) is 2.82. The van der Waals surface area contributed by atoms with Crippen LogP contribution in [0.1, 0.15) is 20.7 Å². The first kappa shape index (κ1) is 20.3. The lowest BCUT2D eigenvalue weighted by molar-refractivity contribution is 0.101. The van der Waals surface area contributed by atoms with Crippen molar-refractivity contribution in [1.29, 1.82) is 0 Å². The van der Waals surface area contributed by atoms with Crippen molar-refractivity contribution in [1.82, 2.24) is 9.97 Å². The topological polar surface area (TPSA) is 84.0 Å². The van der Waals surface area contributed by atoms with E-state index in [1.165, 1.54) is 0 Å². The number of carbonyl (C=O) groups excluding carboxylic acids is 2. The molecule has 2 aromatic heterocycles. The zero-order valence-corrected chi connectivity index (χ0v) is 17.2. The molecule has 4 aromatic rings. The summed E-state index contributed by atoms with van der Waals surface area (Å²) in [6, 6.07) is 21.9. The molecule has 0 bridgehead atoms. The molecule has 2 N–H and O–H groups in total. The zero-order chi connectivity index (χ0) is 21.5. The molecular weight excluding hydrogens is 408 g/mol. The number of aromatic nitrogens is 2. The largest absolute Gasteiger partial charge is 0.322 e. The number of rotatable bonds is 6. The van der Waals surface area contributed by atoms with Crippen molar-refractivity contribution in [2.24, 2.45) is 0 Å². The third-order valence-electron chi connectivity index (χ3n) is 4.35. The highest BCUT2D eigenvalue weighted by Gasteiger charge is 2.07. The fraction of sp³-hybridized carbons (Fsp3) is 0. The summed E-state index contributed by atoms with van der Waals surface area (Å²) >= 11 is 1.59. The van der Waals surface area contributed by atoms with E-state index in [0.29, 0.717) is 11.1 Å². The van der Waals surface area contributed by atoms with E-state index < -0.39 is 0 Å². The quantitative estimate of drug-likeness (QED) is 0.446. The predicted octanol–water partition coefficient (Wildman–Crippen LogP) is 5.13. The summed E-state index contributed by atoms with van der Waals surface area (Å²) in [4.78, 5) is 34.3.